The zero-order chi connectivity index (χ0) is 13.7. The zero-order valence-electron chi connectivity index (χ0n) is 10.8. The highest BCUT2D eigenvalue weighted by Crippen LogP contribution is 2.12. The Morgan fingerprint density at radius 3 is 2.56 bits per heavy atom. The van der Waals surface area contributed by atoms with Crippen LogP contribution in [-0.4, -0.2) is 17.9 Å². The van der Waals surface area contributed by atoms with E-state index in [1.807, 2.05) is 0 Å². The Hall–Kier alpha value is -1.71. The highest BCUT2D eigenvalue weighted by atomic mass is 19.1. The molecule has 0 saturated carbocycles. The van der Waals surface area contributed by atoms with Gasteiger partial charge < -0.3 is 4.74 Å². The summed E-state index contributed by atoms with van der Waals surface area (Å²) >= 11 is 0. The number of carbonyl (C=O) groups is 2. The van der Waals surface area contributed by atoms with Crippen LogP contribution in [0.3, 0.4) is 0 Å². The second-order valence-electron chi connectivity index (χ2n) is 4.42. The quantitative estimate of drug-likeness (QED) is 0.756. The summed E-state index contributed by atoms with van der Waals surface area (Å²) in [5.41, 5.74) is 0.731. The van der Waals surface area contributed by atoms with Crippen molar-refractivity contribution in [1.29, 1.82) is 0 Å². The molecule has 0 aliphatic carbocycles. The standard InChI is InChI=1S/C14H17FO3/c1-9(14(17)18-11(3)10(2)16)7-12-5-4-6-13(15)8-12/h4-6,8-9,11H,7H2,1-3H3. The zero-order valence-corrected chi connectivity index (χ0v) is 10.8. The van der Waals surface area contributed by atoms with Crippen LogP contribution in [0.4, 0.5) is 4.39 Å². The smallest absolute Gasteiger partial charge is 0.309 e. The monoisotopic (exact) mass is 252 g/mol. The number of Topliss-reactive ketones (excluding diaryl/α,β-unsaturated/α-hetero) is 1. The van der Waals surface area contributed by atoms with Crippen LogP contribution in [0, 0.1) is 11.7 Å². The van der Waals surface area contributed by atoms with Gasteiger partial charge in [-0.15, -0.1) is 0 Å². The van der Waals surface area contributed by atoms with Crippen molar-refractivity contribution in [3.8, 4) is 0 Å². The minimum Gasteiger partial charge on any atom is -0.454 e. The van der Waals surface area contributed by atoms with Crippen molar-refractivity contribution in [2.75, 3.05) is 0 Å². The molecule has 0 bridgehead atoms. The fraction of sp³-hybridized carbons (Fsp3) is 0.429. The molecule has 0 fully saturated rings. The Labute approximate surface area is 106 Å². The molecular weight excluding hydrogens is 235 g/mol. The third-order valence-electron chi connectivity index (χ3n) is 2.70. The van der Waals surface area contributed by atoms with Gasteiger partial charge in [0.25, 0.3) is 0 Å². The summed E-state index contributed by atoms with van der Waals surface area (Å²) in [5.74, 6) is -1.37. The number of esters is 1. The van der Waals surface area contributed by atoms with Crippen molar-refractivity contribution in [3.63, 3.8) is 0 Å². The summed E-state index contributed by atoms with van der Waals surface area (Å²) in [5, 5.41) is 0. The Morgan fingerprint density at radius 1 is 1.33 bits per heavy atom. The Bertz CT molecular complexity index is 442. The topological polar surface area (TPSA) is 43.4 Å². The van der Waals surface area contributed by atoms with E-state index in [1.54, 1.807) is 19.1 Å². The van der Waals surface area contributed by atoms with Gasteiger partial charge in [-0.05, 0) is 38.0 Å². The second kappa shape index (κ2) is 6.28. The molecule has 0 heterocycles. The van der Waals surface area contributed by atoms with Crippen molar-refractivity contribution in [1.82, 2.24) is 0 Å². The summed E-state index contributed by atoms with van der Waals surface area (Å²) in [6.07, 6.45) is -0.339. The predicted molar refractivity (Wildman–Crippen MR) is 65.5 cm³/mol. The van der Waals surface area contributed by atoms with E-state index in [0.29, 0.717) is 6.42 Å². The van der Waals surface area contributed by atoms with Crippen molar-refractivity contribution >= 4 is 11.8 Å². The van der Waals surface area contributed by atoms with Gasteiger partial charge in [0.05, 0.1) is 5.92 Å². The number of hydrogen-bond donors (Lipinski definition) is 0. The predicted octanol–water partition coefficient (Wildman–Crippen LogP) is 2.53. The lowest BCUT2D eigenvalue weighted by Gasteiger charge is -2.14. The average molecular weight is 252 g/mol. The molecule has 0 saturated heterocycles. The van der Waals surface area contributed by atoms with Crippen molar-refractivity contribution in [2.24, 2.45) is 5.92 Å². The van der Waals surface area contributed by atoms with E-state index in [-0.39, 0.29) is 11.6 Å². The normalized spacial score (nSPS) is 13.8. The molecule has 3 nitrogen and oxygen atoms in total. The maximum Gasteiger partial charge on any atom is 0.309 e. The van der Waals surface area contributed by atoms with E-state index in [4.69, 9.17) is 4.74 Å². The molecule has 0 radical (unpaired) electrons. The van der Waals surface area contributed by atoms with Gasteiger partial charge >= 0.3 is 5.97 Å². The lowest BCUT2D eigenvalue weighted by atomic mass is 10.0. The molecule has 1 aromatic carbocycles. The third kappa shape index (κ3) is 4.28. The van der Waals surface area contributed by atoms with Crippen LogP contribution in [0.15, 0.2) is 24.3 Å². The number of benzene rings is 1. The number of ketones is 1. The van der Waals surface area contributed by atoms with Crippen LogP contribution in [-0.2, 0) is 20.7 Å². The molecule has 0 aliphatic heterocycles. The minimum atomic E-state index is -0.729. The van der Waals surface area contributed by atoms with Gasteiger partial charge in [0.2, 0.25) is 0 Å². The summed E-state index contributed by atoms with van der Waals surface area (Å²) in [6.45, 7) is 4.60. The maximum atomic E-state index is 13.0. The fourth-order valence-corrected chi connectivity index (χ4v) is 1.47. The van der Waals surface area contributed by atoms with E-state index < -0.39 is 18.0 Å². The molecule has 0 N–H and O–H groups in total. The number of rotatable bonds is 5. The molecule has 18 heavy (non-hydrogen) atoms. The van der Waals surface area contributed by atoms with Crippen molar-refractivity contribution < 1.29 is 18.7 Å². The van der Waals surface area contributed by atoms with Crippen LogP contribution in [0.5, 0.6) is 0 Å². The van der Waals surface area contributed by atoms with Crippen molar-refractivity contribution in [2.45, 2.75) is 33.3 Å². The van der Waals surface area contributed by atoms with Gasteiger partial charge in [-0.1, -0.05) is 19.1 Å². The molecule has 0 spiro atoms. The van der Waals surface area contributed by atoms with E-state index >= 15 is 0 Å². The van der Waals surface area contributed by atoms with E-state index in [1.165, 1.54) is 26.0 Å². The maximum absolute atomic E-state index is 13.0. The Morgan fingerprint density at radius 2 is 2.00 bits per heavy atom. The fourth-order valence-electron chi connectivity index (χ4n) is 1.47. The van der Waals surface area contributed by atoms with Crippen LogP contribution >= 0.6 is 0 Å². The van der Waals surface area contributed by atoms with Gasteiger partial charge in [0.1, 0.15) is 5.82 Å². The highest BCUT2D eigenvalue weighted by molar-refractivity contribution is 5.83. The van der Waals surface area contributed by atoms with Gasteiger partial charge in [0, 0.05) is 0 Å². The number of halogens is 1. The first-order valence-corrected chi connectivity index (χ1v) is 5.85. The number of hydrogen-bond acceptors (Lipinski definition) is 3. The van der Waals surface area contributed by atoms with Gasteiger partial charge in [-0.3, -0.25) is 9.59 Å². The molecular formula is C14H17FO3. The average Bonchev–Trinajstić information content (AvgIpc) is 2.28. The molecule has 4 heteroatoms. The number of ether oxygens (including phenoxy) is 1. The van der Waals surface area contributed by atoms with E-state index in [9.17, 15) is 14.0 Å². The van der Waals surface area contributed by atoms with Crippen LogP contribution in [0.1, 0.15) is 26.3 Å². The third-order valence-corrected chi connectivity index (χ3v) is 2.70. The molecule has 98 valence electrons. The summed E-state index contributed by atoms with van der Waals surface area (Å²) in [4.78, 5) is 22.7. The summed E-state index contributed by atoms with van der Waals surface area (Å²) in [6, 6.07) is 6.09. The van der Waals surface area contributed by atoms with Crippen molar-refractivity contribution in [3.05, 3.63) is 35.6 Å². The summed E-state index contributed by atoms with van der Waals surface area (Å²) < 4.78 is 18.0. The number of carbonyl (C=O) groups excluding carboxylic acids is 2. The Kier molecular flexibility index (Phi) is 5.01. The first-order chi connectivity index (χ1) is 8.40. The highest BCUT2D eigenvalue weighted by Gasteiger charge is 2.19. The first kappa shape index (κ1) is 14.4. The van der Waals surface area contributed by atoms with Crippen LogP contribution in [0.25, 0.3) is 0 Å². The lowest BCUT2D eigenvalue weighted by Crippen LogP contribution is -2.26. The molecule has 1 rings (SSSR count). The molecule has 0 aliphatic rings. The van der Waals surface area contributed by atoms with Crippen LogP contribution < -0.4 is 0 Å². The lowest BCUT2D eigenvalue weighted by molar-refractivity contribution is -0.157. The summed E-state index contributed by atoms with van der Waals surface area (Å²) in [7, 11) is 0. The van der Waals surface area contributed by atoms with Gasteiger partial charge in [-0.2, -0.15) is 0 Å². The molecule has 2 atom stereocenters. The minimum absolute atomic E-state index is 0.193. The second-order valence-corrected chi connectivity index (χ2v) is 4.42. The van der Waals surface area contributed by atoms with Gasteiger partial charge in [0.15, 0.2) is 11.9 Å². The van der Waals surface area contributed by atoms with Gasteiger partial charge in [-0.25, -0.2) is 4.39 Å². The molecule has 1 aromatic rings. The SMILES string of the molecule is CC(=O)C(C)OC(=O)C(C)Cc1cccc(F)c1. The van der Waals surface area contributed by atoms with E-state index in [0.717, 1.165) is 5.56 Å². The first-order valence-electron chi connectivity index (χ1n) is 5.85. The largest absolute Gasteiger partial charge is 0.454 e. The van der Waals surface area contributed by atoms with Crippen LogP contribution in [0.2, 0.25) is 0 Å². The molecule has 0 amide bonds. The van der Waals surface area contributed by atoms with E-state index in [2.05, 4.69) is 0 Å². The molecule has 2 unspecified atom stereocenters. The Balaban J connectivity index is 2.57. The molecule has 0 aromatic heterocycles.